The molecule has 1 aliphatic heterocycles. The Bertz CT molecular complexity index is 1040. The number of nitrogens with two attached hydrogens (primary N) is 1. The summed E-state index contributed by atoms with van der Waals surface area (Å²) in [6, 6.07) is 5.04. The van der Waals surface area contributed by atoms with Gasteiger partial charge in [0.25, 0.3) is 12.4 Å². The molecule has 0 saturated heterocycles. The van der Waals surface area contributed by atoms with Crippen molar-refractivity contribution in [3.8, 4) is 5.75 Å². The Hall–Kier alpha value is -3.10. The number of ether oxygens (including phenoxy) is 2. The van der Waals surface area contributed by atoms with Crippen LogP contribution in [0.3, 0.4) is 0 Å². The van der Waals surface area contributed by atoms with Crippen LogP contribution in [0.25, 0.3) is 0 Å². The minimum atomic E-state index is -2.99. The number of amidine groups is 1. The van der Waals surface area contributed by atoms with Gasteiger partial charge in [-0.1, -0.05) is 6.07 Å². The molecule has 1 aliphatic carbocycles. The highest BCUT2D eigenvalue weighted by molar-refractivity contribution is 5.97. The third-order valence-electron chi connectivity index (χ3n) is 5.58. The molecule has 6 nitrogen and oxygen atoms in total. The van der Waals surface area contributed by atoms with E-state index in [9.17, 15) is 18.0 Å². The number of rotatable bonds is 6. The first kappa shape index (κ1) is 20.2. The zero-order valence-electron chi connectivity index (χ0n) is 16.4. The van der Waals surface area contributed by atoms with Gasteiger partial charge in [0.2, 0.25) is 0 Å². The van der Waals surface area contributed by atoms with Crippen LogP contribution < -0.4 is 10.5 Å². The molecule has 4 rings (SSSR count). The van der Waals surface area contributed by atoms with E-state index in [0.29, 0.717) is 23.3 Å². The van der Waals surface area contributed by atoms with Gasteiger partial charge in [0.1, 0.15) is 23.4 Å². The molecular weight excluding hydrogens is 399 g/mol. The number of nitrogens with zero attached hydrogens (tertiary/aromatic N) is 2. The van der Waals surface area contributed by atoms with Gasteiger partial charge in [0.15, 0.2) is 11.3 Å². The van der Waals surface area contributed by atoms with Crippen LogP contribution in [0.5, 0.6) is 5.75 Å². The zero-order valence-corrected chi connectivity index (χ0v) is 16.4. The Morgan fingerprint density at radius 3 is 2.83 bits per heavy atom. The molecule has 0 bridgehead atoms. The maximum absolute atomic E-state index is 14.7. The first-order valence-electron chi connectivity index (χ1n) is 9.39. The second-order valence-electron chi connectivity index (χ2n) is 7.53. The lowest BCUT2D eigenvalue weighted by atomic mass is 9.83. The Morgan fingerprint density at radius 1 is 1.40 bits per heavy atom. The summed E-state index contributed by atoms with van der Waals surface area (Å²) in [5.41, 5.74) is 4.43. The van der Waals surface area contributed by atoms with Crippen molar-refractivity contribution in [2.45, 2.75) is 37.8 Å². The van der Waals surface area contributed by atoms with Crippen molar-refractivity contribution in [1.82, 2.24) is 4.98 Å². The maximum Gasteiger partial charge on any atom is 0.283 e. The minimum Gasteiger partial charge on any atom is -0.495 e. The van der Waals surface area contributed by atoms with Gasteiger partial charge in [0, 0.05) is 17.9 Å². The van der Waals surface area contributed by atoms with Crippen LogP contribution in [0.1, 0.15) is 33.6 Å². The lowest BCUT2D eigenvalue weighted by molar-refractivity contribution is 0.0176. The molecule has 2 heterocycles. The number of aryl methyl sites for hydroxylation is 1. The summed E-state index contributed by atoms with van der Waals surface area (Å²) in [5, 5.41) is 0. The average molecular weight is 419 g/mol. The number of carbonyl (C=O) groups is 1. The fourth-order valence-corrected chi connectivity index (χ4v) is 4.01. The number of aliphatic imine (C=N–C) groups is 1. The number of carbonyl (C=O) groups excluding carboxylic acids is 1. The van der Waals surface area contributed by atoms with Gasteiger partial charge in [-0.2, -0.15) is 0 Å². The van der Waals surface area contributed by atoms with Crippen molar-refractivity contribution >= 4 is 11.8 Å². The molecule has 0 spiro atoms. The van der Waals surface area contributed by atoms with Crippen LogP contribution in [0, 0.1) is 18.7 Å². The summed E-state index contributed by atoms with van der Waals surface area (Å²) in [7, 11) is 1.49. The first-order valence-corrected chi connectivity index (χ1v) is 9.39. The standard InChI is InChI=1S/C21H20F3N3O3/c1-10-5-12(29-2)9-26-18(10)16(28)7-11-3-4-15(22)13(6-11)21(19(23)24)14-8-17(14)30-20(25)27-21/h3-6,9,14,17,19H,7-8H2,1-2H3,(H2,25,27)/t14-,17+,21+/m0/s1. The van der Waals surface area contributed by atoms with E-state index in [1.807, 2.05) is 0 Å². The number of hydrogen-bond acceptors (Lipinski definition) is 6. The number of methoxy groups -OCH3 is 1. The van der Waals surface area contributed by atoms with Gasteiger partial charge < -0.3 is 15.2 Å². The fraction of sp³-hybridized carbons (Fsp3) is 0.381. The predicted octanol–water partition coefficient (Wildman–Crippen LogP) is 3.16. The smallest absolute Gasteiger partial charge is 0.283 e. The Morgan fingerprint density at radius 2 is 2.17 bits per heavy atom. The highest BCUT2D eigenvalue weighted by atomic mass is 19.3. The van der Waals surface area contributed by atoms with E-state index in [-0.39, 0.29) is 29.5 Å². The van der Waals surface area contributed by atoms with Gasteiger partial charge in [0.05, 0.1) is 13.3 Å². The van der Waals surface area contributed by atoms with Crippen LogP contribution in [-0.4, -0.2) is 36.4 Å². The summed E-state index contributed by atoms with van der Waals surface area (Å²) in [6.07, 6.45) is -1.88. The maximum atomic E-state index is 14.7. The molecule has 2 N–H and O–H groups in total. The van der Waals surface area contributed by atoms with E-state index >= 15 is 0 Å². The molecule has 2 aromatic rings. The second-order valence-corrected chi connectivity index (χ2v) is 7.53. The number of fused-ring (bicyclic) bond motifs is 1. The lowest BCUT2D eigenvalue weighted by Crippen LogP contribution is -2.43. The number of halogens is 3. The SMILES string of the molecule is COc1cnc(C(=O)Cc2ccc(F)c([C@@]3(C(F)F)N=C(N)O[C@@H]4C[C@@H]43)c2)c(C)c1. The number of hydrogen-bond donors (Lipinski definition) is 1. The van der Waals surface area contributed by atoms with Gasteiger partial charge in [-0.15, -0.1) is 0 Å². The number of Topliss-reactive ketones (excluding diaryl/α,β-unsaturated/α-hetero) is 1. The Labute approximate surface area is 170 Å². The third kappa shape index (κ3) is 3.28. The number of benzene rings is 1. The van der Waals surface area contributed by atoms with Crippen LogP contribution in [-0.2, 0) is 16.7 Å². The van der Waals surface area contributed by atoms with Crippen molar-refractivity contribution in [3.05, 3.63) is 58.7 Å². The number of pyridine rings is 1. The van der Waals surface area contributed by atoms with E-state index in [1.165, 1.54) is 25.4 Å². The van der Waals surface area contributed by atoms with E-state index < -0.39 is 29.8 Å². The van der Waals surface area contributed by atoms with Crippen molar-refractivity contribution < 1.29 is 27.4 Å². The molecular formula is C21H20F3N3O3. The summed E-state index contributed by atoms with van der Waals surface area (Å²) in [4.78, 5) is 20.7. The minimum absolute atomic E-state index is 0.128. The normalized spacial score (nSPS) is 24.7. The van der Waals surface area contributed by atoms with Gasteiger partial charge in [-0.25, -0.2) is 23.1 Å². The third-order valence-corrected chi connectivity index (χ3v) is 5.58. The van der Waals surface area contributed by atoms with E-state index in [4.69, 9.17) is 15.2 Å². The van der Waals surface area contributed by atoms with Crippen molar-refractivity contribution in [3.63, 3.8) is 0 Å². The summed E-state index contributed by atoms with van der Waals surface area (Å²) in [6.45, 7) is 1.72. The summed E-state index contributed by atoms with van der Waals surface area (Å²) in [5.74, 6) is -1.30. The molecule has 0 amide bonds. The quantitative estimate of drug-likeness (QED) is 0.727. The molecule has 0 radical (unpaired) electrons. The molecule has 3 atom stereocenters. The molecule has 1 fully saturated rings. The number of ketones is 1. The highest BCUT2D eigenvalue weighted by Crippen LogP contribution is 2.56. The second kappa shape index (κ2) is 7.30. The fourth-order valence-electron chi connectivity index (χ4n) is 4.01. The Kier molecular flexibility index (Phi) is 4.91. The van der Waals surface area contributed by atoms with Crippen molar-refractivity contribution in [2.24, 2.45) is 16.6 Å². The Balaban J connectivity index is 1.69. The van der Waals surface area contributed by atoms with Gasteiger partial charge >= 0.3 is 0 Å². The van der Waals surface area contributed by atoms with Crippen LogP contribution in [0.15, 0.2) is 35.5 Å². The summed E-state index contributed by atoms with van der Waals surface area (Å²) < 4.78 is 53.4. The largest absolute Gasteiger partial charge is 0.495 e. The van der Waals surface area contributed by atoms with Gasteiger partial charge in [-0.3, -0.25) is 4.79 Å². The molecule has 0 unspecified atom stereocenters. The van der Waals surface area contributed by atoms with E-state index in [0.717, 1.165) is 6.07 Å². The highest BCUT2D eigenvalue weighted by Gasteiger charge is 2.64. The topological polar surface area (TPSA) is 86.8 Å². The molecule has 9 heteroatoms. The van der Waals surface area contributed by atoms with Crippen molar-refractivity contribution in [2.75, 3.05) is 7.11 Å². The van der Waals surface area contributed by atoms with Gasteiger partial charge in [-0.05, 0) is 42.7 Å². The van der Waals surface area contributed by atoms with Crippen LogP contribution >= 0.6 is 0 Å². The van der Waals surface area contributed by atoms with Crippen LogP contribution in [0.4, 0.5) is 13.2 Å². The van der Waals surface area contributed by atoms with Crippen LogP contribution in [0.2, 0.25) is 0 Å². The van der Waals surface area contributed by atoms with E-state index in [2.05, 4.69) is 9.98 Å². The summed E-state index contributed by atoms with van der Waals surface area (Å²) >= 11 is 0. The first-order chi connectivity index (χ1) is 14.3. The average Bonchev–Trinajstić information content (AvgIpc) is 3.48. The zero-order chi connectivity index (χ0) is 21.6. The molecule has 2 aliphatic rings. The predicted molar refractivity (Wildman–Crippen MR) is 102 cm³/mol. The molecule has 1 saturated carbocycles. The number of alkyl halides is 2. The molecule has 1 aromatic carbocycles. The molecule has 30 heavy (non-hydrogen) atoms. The number of aromatic nitrogens is 1. The lowest BCUT2D eigenvalue weighted by Gasteiger charge is -2.33. The van der Waals surface area contributed by atoms with E-state index in [1.54, 1.807) is 13.0 Å². The molecule has 158 valence electrons. The monoisotopic (exact) mass is 419 g/mol. The van der Waals surface area contributed by atoms with Crippen molar-refractivity contribution in [1.29, 1.82) is 0 Å². The molecule has 1 aromatic heterocycles.